The zero-order valence-corrected chi connectivity index (χ0v) is 18.3. The Hall–Kier alpha value is -2.91. The average molecular weight is 468 g/mol. The van der Waals surface area contributed by atoms with Crippen molar-refractivity contribution in [1.29, 1.82) is 0 Å². The lowest BCUT2D eigenvalue weighted by molar-refractivity contribution is 0.160. The molecular formula is C22H24ClF2N3O4. The van der Waals surface area contributed by atoms with Crippen molar-refractivity contribution in [3.05, 3.63) is 64.6 Å². The summed E-state index contributed by atoms with van der Waals surface area (Å²) in [6.45, 7) is 5.94. The van der Waals surface area contributed by atoms with Crippen molar-refractivity contribution in [2.45, 2.75) is 19.8 Å². The first-order valence-corrected chi connectivity index (χ1v) is 10.2. The first-order valence-electron chi connectivity index (χ1n) is 10.2. The van der Waals surface area contributed by atoms with E-state index in [1.54, 1.807) is 24.3 Å². The lowest BCUT2D eigenvalue weighted by Gasteiger charge is -2.29. The smallest absolute Gasteiger partial charge is 0.444 e. The summed E-state index contributed by atoms with van der Waals surface area (Å²) in [5, 5.41) is 3.91. The number of likely N-dealkylation sites (tertiary alicyclic amines) is 1. The van der Waals surface area contributed by atoms with Crippen molar-refractivity contribution < 1.29 is 22.7 Å². The first-order chi connectivity index (χ1) is 15.0. The van der Waals surface area contributed by atoms with Crippen LogP contribution < -0.4 is 15.2 Å². The Morgan fingerprint density at radius 3 is 2.53 bits per heavy atom. The minimum Gasteiger partial charge on any atom is -0.492 e. The summed E-state index contributed by atoms with van der Waals surface area (Å²) in [5.41, 5.74) is 0.431. The number of nitrogens with zero attached hydrogens (tertiary/aromatic N) is 3. The van der Waals surface area contributed by atoms with Gasteiger partial charge in [-0.1, -0.05) is 12.0 Å². The van der Waals surface area contributed by atoms with Gasteiger partial charge in [-0.25, -0.2) is 13.6 Å². The third kappa shape index (κ3) is 5.86. The van der Waals surface area contributed by atoms with Crippen molar-refractivity contribution in [1.82, 2.24) is 14.7 Å². The van der Waals surface area contributed by atoms with Crippen LogP contribution in [0, 0.1) is 17.6 Å². The SMILES string of the molecule is CC1CCN(CCOc2ccc(-n3nc(Oc4ccc(F)cc4F)oc3=O)cc2)CC1.Cl. The van der Waals surface area contributed by atoms with Crippen molar-refractivity contribution in [2.75, 3.05) is 26.2 Å². The molecule has 3 aromatic rings. The molecule has 1 aliphatic rings. The zero-order chi connectivity index (χ0) is 21.8. The third-order valence-corrected chi connectivity index (χ3v) is 5.25. The van der Waals surface area contributed by atoms with E-state index in [4.69, 9.17) is 13.9 Å². The molecule has 0 unspecified atom stereocenters. The molecule has 0 bridgehead atoms. The van der Waals surface area contributed by atoms with Crippen LogP contribution in [0.15, 0.2) is 51.7 Å². The van der Waals surface area contributed by atoms with Gasteiger partial charge in [0.1, 0.15) is 18.2 Å². The summed E-state index contributed by atoms with van der Waals surface area (Å²) in [5.74, 6) is -1.31. The Bertz CT molecular complexity index is 1080. The number of piperidine rings is 1. The van der Waals surface area contributed by atoms with Crippen molar-refractivity contribution in [2.24, 2.45) is 5.92 Å². The summed E-state index contributed by atoms with van der Waals surface area (Å²) >= 11 is 0. The highest BCUT2D eigenvalue weighted by Crippen LogP contribution is 2.23. The average Bonchev–Trinajstić information content (AvgIpc) is 3.12. The van der Waals surface area contributed by atoms with E-state index < -0.39 is 23.5 Å². The van der Waals surface area contributed by atoms with E-state index >= 15 is 0 Å². The van der Waals surface area contributed by atoms with Gasteiger partial charge in [-0.2, -0.15) is 4.68 Å². The van der Waals surface area contributed by atoms with Crippen LogP contribution in [-0.2, 0) is 0 Å². The maximum Gasteiger partial charge on any atom is 0.444 e. The molecule has 1 fully saturated rings. The highest BCUT2D eigenvalue weighted by atomic mass is 35.5. The fraction of sp³-hybridized carbons (Fsp3) is 0.364. The molecule has 1 aromatic heterocycles. The Morgan fingerprint density at radius 1 is 1.12 bits per heavy atom. The minimum atomic E-state index is -0.933. The monoisotopic (exact) mass is 467 g/mol. The van der Waals surface area contributed by atoms with Crippen molar-refractivity contribution in [3.63, 3.8) is 0 Å². The van der Waals surface area contributed by atoms with Crippen molar-refractivity contribution >= 4 is 12.4 Å². The first kappa shape index (κ1) is 23.7. The molecule has 0 radical (unpaired) electrons. The van der Waals surface area contributed by atoms with Crippen LogP contribution in [0.5, 0.6) is 17.6 Å². The summed E-state index contributed by atoms with van der Waals surface area (Å²) in [6, 6.07) is 9.55. The molecule has 1 saturated heterocycles. The second-order valence-electron chi connectivity index (χ2n) is 7.59. The van der Waals surface area contributed by atoms with E-state index in [1.807, 2.05) is 0 Å². The van der Waals surface area contributed by atoms with E-state index in [-0.39, 0.29) is 18.2 Å². The fourth-order valence-electron chi connectivity index (χ4n) is 3.38. The molecule has 0 amide bonds. The lowest BCUT2D eigenvalue weighted by Crippen LogP contribution is -2.35. The summed E-state index contributed by atoms with van der Waals surface area (Å²) in [6.07, 6.45) is 1.99. The van der Waals surface area contributed by atoms with Gasteiger partial charge in [0.15, 0.2) is 11.6 Å². The van der Waals surface area contributed by atoms with Crippen LogP contribution >= 0.6 is 12.4 Å². The molecule has 2 aromatic carbocycles. The van der Waals surface area contributed by atoms with Gasteiger partial charge in [-0.05, 0) is 68.2 Å². The van der Waals surface area contributed by atoms with Crippen LogP contribution in [0.2, 0.25) is 0 Å². The van der Waals surface area contributed by atoms with E-state index in [1.165, 1.54) is 12.8 Å². The van der Waals surface area contributed by atoms with Gasteiger partial charge in [0.25, 0.3) is 0 Å². The van der Waals surface area contributed by atoms with Gasteiger partial charge < -0.3 is 13.9 Å². The number of ether oxygens (including phenoxy) is 2. The van der Waals surface area contributed by atoms with E-state index in [0.717, 1.165) is 42.4 Å². The van der Waals surface area contributed by atoms with Gasteiger partial charge in [-0.3, -0.25) is 4.90 Å². The molecule has 0 atom stereocenters. The second kappa shape index (κ2) is 10.6. The molecule has 2 heterocycles. The molecule has 0 N–H and O–H groups in total. The van der Waals surface area contributed by atoms with Gasteiger partial charge >= 0.3 is 11.8 Å². The Morgan fingerprint density at radius 2 is 1.84 bits per heavy atom. The van der Waals surface area contributed by atoms with Gasteiger partial charge in [0.05, 0.1) is 5.69 Å². The molecule has 172 valence electrons. The fourth-order valence-corrected chi connectivity index (χ4v) is 3.38. The largest absolute Gasteiger partial charge is 0.492 e. The predicted molar refractivity (Wildman–Crippen MR) is 116 cm³/mol. The molecule has 0 spiro atoms. The lowest BCUT2D eigenvalue weighted by atomic mass is 9.99. The van der Waals surface area contributed by atoms with Crippen LogP contribution in [0.4, 0.5) is 8.78 Å². The highest BCUT2D eigenvalue weighted by Gasteiger charge is 2.16. The molecule has 0 aliphatic carbocycles. The normalized spacial score (nSPS) is 14.7. The molecule has 7 nitrogen and oxygen atoms in total. The van der Waals surface area contributed by atoms with Gasteiger partial charge in [-0.15, -0.1) is 12.4 Å². The number of benzene rings is 2. The molecule has 10 heteroatoms. The van der Waals surface area contributed by atoms with Gasteiger partial charge in [0, 0.05) is 12.6 Å². The topological polar surface area (TPSA) is 69.7 Å². The number of halogens is 3. The van der Waals surface area contributed by atoms with E-state index in [0.29, 0.717) is 24.1 Å². The Kier molecular flexibility index (Phi) is 7.87. The zero-order valence-electron chi connectivity index (χ0n) is 17.5. The number of hydrogen-bond acceptors (Lipinski definition) is 6. The number of hydrogen-bond donors (Lipinski definition) is 0. The van der Waals surface area contributed by atoms with Gasteiger partial charge in [0.2, 0.25) is 0 Å². The molecular weight excluding hydrogens is 444 g/mol. The maximum atomic E-state index is 13.7. The molecule has 4 rings (SSSR count). The Labute approximate surface area is 190 Å². The second-order valence-corrected chi connectivity index (χ2v) is 7.59. The Balaban J connectivity index is 0.00000289. The van der Waals surface area contributed by atoms with Crippen LogP contribution in [0.25, 0.3) is 5.69 Å². The molecule has 0 saturated carbocycles. The van der Waals surface area contributed by atoms with Crippen LogP contribution in [-0.4, -0.2) is 40.9 Å². The minimum absolute atomic E-state index is 0. The predicted octanol–water partition coefficient (Wildman–Crippen LogP) is 4.43. The summed E-state index contributed by atoms with van der Waals surface area (Å²) in [4.78, 5) is 14.5. The molecule has 1 aliphatic heterocycles. The number of rotatable bonds is 7. The molecule has 32 heavy (non-hydrogen) atoms. The van der Waals surface area contributed by atoms with Crippen molar-refractivity contribution in [3.8, 4) is 23.3 Å². The summed E-state index contributed by atoms with van der Waals surface area (Å²) in [7, 11) is 0. The van der Waals surface area contributed by atoms with E-state index in [9.17, 15) is 13.6 Å². The summed E-state index contributed by atoms with van der Waals surface area (Å²) < 4.78 is 43.5. The standard InChI is InChI=1S/C22H23F2N3O4.ClH/c1-15-8-10-26(11-9-15)12-13-29-18-5-3-17(4-6-18)27-22(28)31-21(25-27)30-20-7-2-16(23)14-19(20)24;/h2-7,14-15H,8-13H2,1H3;1H. The highest BCUT2D eigenvalue weighted by molar-refractivity contribution is 5.85. The van der Waals surface area contributed by atoms with E-state index in [2.05, 4.69) is 16.9 Å². The number of aromatic nitrogens is 2. The van der Waals surface area contributed by atoms with Crippen LogP contribution in [0.3, 0.4) is 0 Å². The maximum absolute atomic E-state index is 13.7. The quantitative estimate of drug-likeness (QED) is 0.512. The van der Waals surface area contributed by atoms with Crippen LogP contribution in [0.1, 0.15) is 19.8 Å². The third-order valence-electron chi connectivity index (χ3n) is 5.25.